The fourth-order valence-electron chi connectivity index (χ4n) is 3.46. The van der Waals surface area contributed by atoms with Crippen molar-refractivity contribution in [3.05, 3.63) is 98.5 Å². The van der Waals surface area contributed by atoms with Gasteiger partial charge < -0.3 is 44.9 Å². The van der Waals surface area contributed by atoms with Crippen molar-refractivity contribution in [2.45, 2.75) is 0 Å². The maximum Gasteiger partial charge on any atom is 0.490 e. The van der Waals surface area contributed by atoms with Crippen LogP contribution in [0, 0.1) is 11.6 Å². The molecule has 0 aromatic heterocycles. The van der Waals surface area contributed by atoms with Gasteiger partial charge in [0, 0.05) is 33.1 Å². The SMILES string of the molecule is COc1cc(Cl)ccc1OC(=S)Nc1cc(B(O)O)c(Cl)cc1Cl.OB(O)c1cccc(NC(=S)Oc2ccc(F)cc2F)c1Cl. The molecular weight excluding hydrogens is 730 g/mol. The lowest BCUT2D eigenvalue weighted by Crippen LogP contribution is -2.31. The van der Waals surface area contributed by atoms with Gasteiger partial charge in [-0.1, -0.05) is 58.5 Å². The normalized spacial score (nSPS) is 10.2. The van der Waals surface area contributed by atoms with Gasteiger partial charge in [-0.15, -0.1) is 0 Å². The number of ether oxygens (including phenoxy) is 3. The van der Waals surface area contributed by atoms with E-state index in [1.165, 1.54) is 37.4 Å². The van der Waals surface area contributed by atoms with Crippen molar-refractivity contribution in [1.29, 1.82) is 0 Å². The zero-order valence-corrected chi connectivity index (χ0v) is 27.8. The Morgan fingerprint density at radius 2 is 1.30 bits per heavy atom. The molecule has 0 radical (unpaired) electrons. The lowest BCUT2D eigenvalue weighted by Gasteiger charge is -2.14. The topological polar surface area (TPSA) is 133 Å². The maximum atomic E-state index is 13.5. The molecule has 0 fully saturated rings. The van der Waals surface area contributed by atoms with Crippen LogP contribution < -0.4 is 35.8 Å². The first-order chi connectivity index (χ1) is 21.7. The molecule has 240 valence electrons. The minimum atomic E-state index is -1.75. The number of halogens is 6. The van der Waals surface area contributed by atoms with Crippen molar-refractivity contribution < 1.29 is 43.1 Å². The van der Waals surface area contributed by atoms with Gasteiger partial charge in [-0.25, -0.2) is 8.78 Å². The number of thiocarbonyl (C=S) groups is 2. The second-order valence-electron chi connectivity index (χ2n) is 8.71. The molecule has 46 heavy (non-hydrogen) atoms. The van der Waals surface area contributed by atoms with E-state index in [9.17, 15) is 18.8 Å². The van der Waals surface area contributed by atoms with Crippen molar-refractivity contribution >= 4 is 118 Å². The van der Waals surface area contributed by atoms with Gasteiger partial charge in [0.25, 0.3) is 10.3 Å². The number of nitrogens with one attached hydrogen (secondary N) is 2. The molecule has 19 heteroatoms. The van der Waals surface area contributed by atoms with E-state index in [-0.39, 0.29) is 47.8 Å². The first-order valence-electron chi connectivity index (χ1n) is 12.5. The Balaban J connectivity index is 0.000000251. The van der Waals surface area contributed by atoms with Gasteiger partial charge in [-0.2, -0.15) is 0 Å². The molecule has 0 aliphatic heterocycles. The van der Waals surface area contributed by atoms with E-state index in [4.69, 9.17) is 95.1 Å². The number of hydrogen-bond acceptors (Lipinski definition) is 9. The van der Waals surface area contributed by atoms with Crippen LogP contribution in [-0.2, 0) is 0 Å². The predicted molar refractivity (Wildman–Crippen MR) is 186 cm³/mol. The van der Waals surface area contributed by atoms with Crippen molar-refractivity contribution in [1.82, 2.24) is 0 Å². The molecule has 0 saturated heterocycles. The number of rotatable bonds is 7. The molecule has 0 spiro atoms. The summed E-state index contributed by atoms with van der Waals surface area (Å²) in [5, 5.41) is 42.8. The minimum absolute atomic E-state index is 0.0294. The van der Waals surface area contributed by atoms with Crippen LogP contribution in [0.3, 0.4) is 0 Å². The fraction of sp³-hybridized carbons (Fsp3) is 0.0370. The Morgan fingerprint density at radius 1 is 0.696 bits per heavy atom. The first kappa shape index (κ1) is 37.5. The van der Waals surface area contributed by atoms with Crippen LogP contribution in [0.25, 0.3) is 0 Å². The second kappa shape index (κ2) is 17.3. The third-order valence-corrected chi connectivity index (χ3v) is 7.24. The Kier molecular flexibility index (Phi) is 14.1. The van der Waals surface area contributed by atoms with Crippen LogP contribution in [0.4, 0.5) is 20.2 Å². The second-order valence-corrected chi connectivity index (χ2v) is 11.1. The maximum absolute atomic E-state index is 13.5. The van der Waals surface area contributed by atoms with E-state index in [1.54, 1.807) is 18.2 Å². The third-order valence-electron chi connectivity index (χ3n) is 5.57. The van der Waals surface area contributed by atoms with Gasteiger partial charge in [-0.3, -0.25) is 0 Å². The highest BCUT2D eigenvalue weighted by molar-refractivity contribution is 7.80. The smallest absolute Gasteiger partial charge is 0.490 e. The third kappa shape index (κ3) is 10.5. The van der Waals surface area contributed by atoms with E-state index in [2.05, 4.69) is 10.6 Å². The molecule has 0 bridgehead atoms. The summed E-state index contributed by atoms with van der Waals surface area (Å²) < 4.78 is 42.0. The van der Waals surface area contributed by atoms with Crippen molar-refractivity contribution in [3.63, 3.8) is 0 Å². The van der Waals surface area contributed by atoms with Gasteiger partial charge >= 0.3 is 14.2 Å². The van der Waals surface area contributed by atoms with Crippen LogP contribution in [0.5, 0.6) is 17.2 Å². The average Bonchev–Trinajstić information content (AvgIpc) is 2.98. The lowest BCUT2D eigenvalue weighted by atomic mass is 9.80. The summed E-state index contributed by atoms with van der Waals surface area (Å²) in [6, 6.07) is 14.8. The van der Waals surface area contributed by atoms with E-state index in [0.29, 0.717) is 28.3 Å². The van der Waals surface area contributed by atoms with Crippen LogP contribution in [0.2, 0.25) is 20.1 Å². The summed E-state index contributed by atoms with van der Waals surface area (Å²) in [7, 11) is -2.03. The first-order valence-corrected chi connectivity index (χ1v) is 14.8. The van der Waals surface area contributed by atoms with Crippen molar-refractivity contribution in [2.75, 3.05) is 17.7 Å². The number of hydrogen-bond donors (Lipinski definition) is 6. The summed E-state index contributed by atoms with van der Waals surface area (Å²) in [4.78, 5) is 0. The van der Waals surface area contributed by atoms with Crippen molar-refractivity contribution in [2.24, 2.45) is 0 Å². The van der Waals surface area contributed by atoms with Gasteiger partial charge in [0.2, 0.25) is 0 Å². The monoisotopic (exact) mass is 748 g/mol. The Labute approximate surface area is 292 Å². The molecule has 4 aromatic carbocycles. The van der Waals surface area contributed by atoms with E-state index < -0.39 is 25.9 Å². The van der Waals surface area contributed by atoms with Crippen LogP contribution in [0.1, 0.15) is 0 Å². The average molecular weight is 750 g/mol. The lowest BCUT2D eigenvalue weighted by molar-refractivity contribution is 0.392. The molecule has 0 aliphatic carbocycles. The summed E-state index contributed by atoms with van der Waals surface area (Å²) in [5.74, 6) is -1.15. The molecule has 0 amide bonds. The van der Waals surface area contributed by atoms with Crippen LogP contribution >= 0.6 is 70.8 Å². The molecule has 0 unspecified atom stereocenters. The highest BCUT2D eigenvalue weighted by atomic mass is 35.5. The molecule has 4 aromatic rings. The Hall–Kier alpha value is -2.95. The van der Waals surface area contributed by atoms with Crippen LogP contribution in [0.15, 0.2) is 66.7 Å². The number of benzene rings is 4. The highest BCUT2D eigenvalue weighted by Gasteiger charge is 2.20. The number of methoxy groups -OCH3 is 1. The molecule has 0 heterocycles. The molecule has 0 atom stereocenters. The van der Waals surface area contributed by atoms with Crippen molar-refractivity contribution in [3.8, 4) is 17.2 Å². The Bertz CT molecular complexity index is 1750. The molecule has 6 N–H and O–H groups in total. The van der Waals surface area contributed by atoms with E-state index >= 15 is 0 Å². The quantitative estimate of drug-likeness (QED) is 0.110. The van der Waals surface area contributed by atoms with Gasteiger partial charge in [0.15, 0.2) is 23.1 Å². The van der Waals surface area contributed by atoms with Gasteiger partial charge in [0.1, 0.15) is 5.82 Å². The Morgan fingerprint density at radius 3 is 1.91 bits per heavy atom. The summed E-state index contributed by atoms with van der Waals surface area (Å²) >= 11 is 33.8. The highest BCUT2D eigenvalue weighted by Crippen LogP contribution is 2.31. The van der Waals surface area contributed by atoms with Gasteiger partial charge in [0.05, 0.1) is 28.5 Å². The van der Waals surface area contributed by atoms with Crippen LogP contribution in [-0.4, -0.2) is 51.8 Å². The summed E-state index contributed by atoms with van der Waals surface area (Å²) in [5.41, 5.74) is 0.708. The zero-order valence-electron chi connectivity index (χ0n) is 23.1. The molecule has 0 aliphatic rings. The fourth-order valence-corrected chi connectivity index (χ4v) is 4.82. The summed E-state index contributed by atoms with van der Waals surface area (Å²) in [6.07, 6.45) is 0. The molecule has 0 saturated carbocycles. The standard InChI is InChI=1S/C14H11BCl3NO4S.C13H9BClF2NO3S/c1-22-13-4-7(16)2-3-12(13)23-14(24)19-11-5-8(15(20)21)9(17)6-10(11)18;15-12-8(14(19)20)2-1-3-10(12)18-13(22)21-11-5-4-7(16)6-9(11)17/h2-6,20-21H,1H3,(H,19,24);1-6,19-20H,(H,18,22). The van der Waals surface area contributed by atoms with Gasteiger partial charge in [-0.05, 0) is 66.9 Å². The zero-order chi connectivity index (χ0) is 34.1. The van der Waals surface area contributed by atoms with E-state index in [1.807, 2.05) is 0 Å². The molecular formula is C27H20B2Cl4F2N2O7S2. The number of anilines is 2. The summed E-state index contributed by atoms with van der Waals surface area (Å²) in [6.45, 7) is 0. The molecule has 4 rings (SSSR count). The predicted octanol–water partition coefficient (Wildman–Crippen LogP) is 5.18. The largest absolute Gasteiger partial charge is 0.493 e. The van der Waals surface area contributed by atoms with E-state index in [0.717, 1.165) is 12.1 Å². The minimum Gasteiger partial charge on any atom is -0.493 e. The molecule has 9 nitrogen and oxygen atoms in total.